The van der Waals surface area contributed by atoms with Gasteiger partial charge in [-0.2, -0.15) is 0 Å². The minimum Gasteiger partial charge on any atom is -0.488 e. The molecule has 0 saturated carbocycles. The molecule has 0 aliphatic rings. The van der Waals surface area contributed by atoms with E-state index in [1.165, 1.54) is 15.9 Å². The van der Waals surface area contributed by atoms with E-state index < -0.39 is 4.01 Å². The van der Waals surface area contributed by atoms with Crippen molar-refractivity contribution in [3.8, 4) is 5.75 Å². The number of hydrogen-bond acceptors (Lipinski definition) is 1. The molecule has 1 nitrogen and oxygen atoms in total. The van der Waals surface area contributed by atoms with Crippen LogP contribution in [0.15, 0.2) is 122 Å². The van der Waals surface area contributed by atoms with Crippen molar-refractivity contribution < 1.29 is 4.74 Å². The first kappa shape index (κ1) is 27.2. The number of halogens is 4. The van der Waals surface area contributed by atoms with Crippen molar-refractivity contribution >= 4 is 78.4 Å². The van der Waals surface area contributed by atoms with Crippen LogP contribution in [0.3, 0.4) is 0 Å². The molecule has 34 heavy (non-hydrogen) atoms. The van der Waals surface area contributed by atoms with E-state index in [4.69, 9.17) is 16.3 Å². The minimum absolute atomic E-state index is 0.478. The number of rotatable bonds is 7. The number of ether oxygens (including phenoxy) is 1. The molecule has 0 heterocycles. The van der Waals surface area contributed by atoms with Crippen LogP contribution in [0.2, 0.25) is 5.02 Å². The molecule has 6 heteroatoms. The van der Waals surface area contributed by atoms with Gasteiger partial charge in [0.25, 0.3) is 0 Å². The Morgan fingerprint density at radius 3 is 1.53 bits per heavy atom. The first-order valence-electron chi connectivity index (χ1n) is 10.6. The fourth-order valence-electron chi connectivity index (χ4n) is 3.44. The summed E-state index contributed by atoms with van der Waals surface area (Å²) in [5.74, 6) is 0.707. The van der Waals surface area contributed by atoms with E-state index in [-0.39, 0.29) is 0 Å². The van der Waals surface area contributed by atoms with Crippen LogP contribution in [0.1, 0.15) is 5.56 Å². The van der Waals surface area contributed by atoms with E-state index >= 15 is 0 Å². The van der Waals surface area contributed by atoms with Crippen LogP contribution in [0.25, 0.3) is 0 Å². The smallest absolute Gasteiger partial charge is 0.138 e. The Hall–Kier alpha value is -1.42. The Morgan fingerprint density at radius 2 is 1.15 bits per heavy atom. The quantitative estimate of drug-likeness (QED) is 0.107. The summed E-state index contributed by atoms with van der Waals surface area (Å²) in [4.78, 5) is 0. The zero-order valence-electron chi connectivity index (χ0n) is 18.5. The minimum atomic E-state index is -2.75. The topological polar surface area (TPSA) is 9.23 Å². The van der Waals surface area contributed by atoms with Crippen LogP contribution in [0, 0.1) is 0 Å². The normalized spacial score (nSPS) is 11.9. The second-order valence-electron chi connectivity index (χ2n) is 7.38. The predicted molar refractivity (Wildman–Crippen MR) is 163 cm³/mol. The number of hydrogen-bond donors (Lipinski definition) is 0. The average molecular weight is 684 g/mol. The number of alkyl halides is 1. The maximum atomic E-state index is 6.06. The summed E-state index contributed by atoms with van der Waals surface area (Å²) in [6.07, 6.45) is 1.69. The molecule has 0 aromatic heterocycles. The van der Waals surface area contributed by atoms with Gasteiger partial charge in [0, 0.05) is 5.33 Å². The van der Waals surface area contributed by atoms with Gasteiger partial charge in [-0.1, -0.05) is 52.3 Å². The van der Waals surface area contributed by atoms with Gasteiger partial charge in [-0.15, -0.1) is 0 Å². The van der Waals surface area contributed by atoms with Gasteiger partial charge in [-0.3, -0.25) is 0 Å². The second kappa shape index (κ2) is 12.5. The molecule has 0 radical (unpaired) electrons. The molecule has 0 bridgehead atoms. The van der Waals surface area contributed by atoms with Gasteiger partial charge in [0.05, 0.1) is 5.02 Å². The summed E-state index contributed by atoms with van der Waals surface area (Å²) < 4.78 is 2.61. The molecule has 0 aliphatic carbocycles. The molecular weight excluding hydrogens is 658 g/mol. The third-order valence-corrected chi connectivity index (χ3v) is 17.2. The Labute approximate surface area is 231 Å². The van der Waals surface area contributed by atoms with Crippen molar-refractivity contribution in [3.63, 3.8) is 0 Å². The maximum absolute atomic E-state index is 6.06. The summed E-state index contributed by atoms with van der Waals surface area (Å²) in [7, 11) is 0. The average Bonchev–Trinajstić information content (AvgIpc) is 2.90. The maximum Gasteiger partial charge on any atom is 0.138 e. The standard InChI is InChI=1S/C18H15Br2P.C10H10BrClO/c19-21(20,16-10-4-1-5-11-16,17-12-6-2-7-13-17)18-14-8-3-9-15-18;1-2-6-13-9-5-3-4-8(7-11)10(9)12/h1-15H;2-5H,1,6-7H2. The zero-order chi connectivity index (χ0) is 24.5. The monoisotopic (exact) mass is 680 g/mol. The molecule has 4 aromatic carbocycles. The van der Waals surface area contributed by atoms with Gasteiger partial charge in [0.2, 0.25) is 0 Å². The molecule has 0 unspecified atom stereocenters. The Balaban J connectivity index is 0.000000215. The molecule has 0 amide bonds. The van der Waals surface area contributed by atoms with E-state index in [1.807, 2.05) is 18.2 Å². The van der Waals surface area contributed by atoms with Crippen molar-refractivity contribution in [2.45, 2.75) is 5.33 Å². The molecule has 176 valence electrons. The van der Waals surface area contributed by atoms with Crippen LogP contribution in [-0.2, 0) is 5.33 Å². The molecule has 0 atom stereocenters. The summed E-state index contributed by atoms with van der Waals surface area (Å²) in [5.41, 5.74) is 1.03. The van der Waals surface area contributed by atoms with Gasteiger partial charge >= 0.3 is 142 Å². The first-order chi connectivity index (χ1) is 16.4. The van der Waals surface area contributed by atoms with Crippen molar-refractivity contribution in [1.29, 1.82) is 0 Å². The van der Waals surface area contributed by atoms with Crippen LogP contribution in [-0.4, -0.2) is 6.61 Å². The summed E-state index contributed by atoms with van der Waals surface area (Å²) in [6.45, 7) is 4.05. The van der Waals surface area contributed by atoms with Gasteiger partial charge in [-0.25, -0.2) is 0 Å². The van der Waals surface area contributed by atoms with Crippen LogP contribution in [0.4, 0.5) is 0 Å². The Bertz CT molecular complexity index is 1100. The zero-order valence-corrected chi connectivity index (χ0v) is 24.9. The third-order valence-electron chi connectivity index (χ3n) is 5.17. The Morgan fingerprint density at radius 1 is 0.706 bits per heavy atom. The summed E-state index contributed by atoms with van der Waals surface area (Å²) >= 11 is 17.7. The molecule has 0 N–H and O–H groups in total. The first-order valence-corrected chi connectivity index (χ1v) is 18.4. The van der Waals surface area contributed by atoms with Crippen LogP contribution < -0.4 is 20.7 Å². The molecule has 4 aromatic rings. The van der Waals surface area contributed by atoms with Gasteiger partial charge < -0.3 is 4.74 Å². The molecule has 0 fully saturated rings. The van der Waals surface area contributed by atoms with Gasteiger partial charge in [0.15, 0.2) is 0 Å². The Kier molecular flexibility index (Phi) is 10.0. The van der Waals surface area contributed by atoms with Crippen LogP contribution in [0.5, 0.6) is 5.75 Å². The molecule has 4 rings (SSSR count). The third kappa shape index (κ3) is 6.04. The van der Waals surface area contributed by atoms with E-state index in [0.717, 1.165) is 10.9 Å². The molecule has 0 spiro atoms. The summed E-state index contributed by atoms with van der Waals surface area (Å²) in [5, 5.41) is 5.20. The second-order valence-corrected chi connectivity index (χ2v) is 23.0. The van der Waals surface area contributed by atoms with Crippen molar-refractivity contribution in [2.75, 3.05) is 6.61 Å². The van der Waals surface area contributed by atoms with Crippen molar-refractivity contribution in [1.82, 2.24) is 0 Å². The van der Waals surface area contributed by atoms with Gasteiger partial charge in [-0.05, 0) is 11.6 Å². The SMILES string of the molecule is BrP(Br)(c1ccccc1)(c1ccccc1)c1ccccc1.C=CCOc1cccc(CBr)c1Cl. The fraction of sp³-hybridized carbons (Fsp3) is 0.0714. The van der Waals surface area contributed by atoms with Gasteiger partial charge in [0.1, 0.15) is 12.4 Å². The predicted octanol–water partition coefficient (Wildman–Crippen LogP) is 8.94. The van der Waals surface area contributed by atoms with Crippen LogP contribution >= 0.6 is 62.5 Å². The van der Waals surface area contributed by atoms with Crippen molar-refractivity contribution in [3.05, 3.63) is 132 Å². The fourth-order valence-corrected chi connectivity index (χ4v) is 11.5. The summed E-state index contributed by atoms with van der Waals surface area (Å²) in [6, 6.07) is 37.5. The molecular formula is C28H25Br3ClOP. The van der Waals surface area contributed by atoms with E-state index in [0.29, 0.717) is 17.4 Å². The molecule has 0 saturated heterocycles. The van der Waals surface area contributed by atoms with E-state index in [1.54, 1.807) is 6.08 Å². The largest absolute Gasteiger partial charge is 0.488 e. The number of benzene rings is 4. The van der Waals surface area contributed by atoms with Crippen molar-refractivity contribution in [2.24, 2.45) is 0 Å². The van der Waals surface area contributed by atoms with E-state index in [9.17, 15) is 0 Å². The van der Waals surface area contributed by atoms with E-state index in [2.05, 4.69) is 144 Å². The molecule has 0 aliphatic heterocycles.